The van der Waals surface area contributed by atoms with E-state index in [9.17, 15) is 19.2 Å². The van der Waals surface area contributed by atoms with Crippen LogP contribution in [-0.2, 0) is 33.4 Å². The minimum absolute atomic E-state index is 0.0328. The number of carbonyl (C=O) groups excluding carboxylic acids is 4. The maximum atomic E-state index is 13.9. The summed E-state index contributed by atoms with van der Waals surface area (Å²) in [6.07, 6.45) is 10.0. The number of rotatable bonds is 19. The van der Waals surface area contributed by atoms with Crippen LogP contribution in [0.3, 0.4) is 0 Å². The van der Waals surface area contributed by atoms with Crippen molar-refractivity contribution in [1.82, 2.24) is 15.1 Å². The lowest BCUT2D eigenvalue weighted by molar-refractivity contribution is -0.148. The molecule has 0 aromatic rings. The Kier molecular flexibility index (Phi) is 17.9. The highest BCUT2D eigenvalue weighted by Crippen LogP contribution is 2.29. The van der Waals surface area contributed by atoms with Crippen molar-refractivity contribution >= 4 is 23.7 Å². The molecule has 1 saturated heterocycles. The molecule has 0 aliphatic carbocycles. The lowest BCUT2D eigenvalue weighted by atomic mass is 9.89. The zero-order chi connectivity index (χ0) is 34.3. The molecule has 0 radical (unpaired) electrons. The number of hydrogen-bond donors (Lipinski definition) is 2. The van der Waals surface area contributed by atoms with Crippen molar-refractivity contribution in [3.8, 4) is 0 Å². The van der Waals surface area contributed by atoms with Crippen LogP contribution in [-0.4, -0.2) is 105 Å². The number of nitrogens with two attached hydrogens (primary N) is 1. The minimum atomic E-state index is -0.874. The summed E-state index contributed by atoms with van der Waals surface area (Å²) in [5.74, 6) is -1.90. The third-order valence-electron chi connectivity index (χ3n) is 8.93. The van der Waals surface area contributed by atoms with Crippen LogP contribution in [0.1, 0.15) is 66.7 Å². The zero-order valence-corrected chi connectivity index (χ0v) is 28.9. The van der Waals surface area contributed by atoms with Crippen molar-refractivity contribution in [2.45, 2.75) is 103 Å². The van der Waals surface area contributed by atoms with E-state index in [-0.39, 0.29) is 54.5 Å². The quantitative estimate of drug-likeness (QED) is 0.163. The van der Waals surface area contributed by atoms with E-state index < -0.39 is 36.2 Å². The monoisotopic (exact) mass is 634 g/mol. The van der Waals surface area contributed by atoms with Crippen LogP contribution in [0.2, 0.25) is 0 Å². The molecule has 3 N–H and O–H groups in total. The molecule has 0 bridgehead atoms. The molecule has 0 aromatic heterocycles. The summed E-state index contributed by atoms with van der Waals surface area (Å²) in [5.41, 5.74) is 6.21. The Balaban J connectivity index is 3.14. The van der Waals surface area contributed by atoms with Crippen LogP contribution in [0.25, 0.3) is 0 Å². The number of likely N-dealkylation sites (tertiary alicyclic amines) is 1. The van der Waals surface area contributed by atoms with Gasteiger partial charge in [-0.3, -0.25) is 14.4 Å². The summed E-state index contributed by atoms with van der Waals surface area (Å²) in [6.45, 7) is 13.8. The first kappa shape index (κ1) is 40.0. The maximum absolute atomic E-state index is 13.9. The van der Waals surface area contributed by atoms with E-state index in [0.717, 1.165) is 12.8 Å². The van der Waals surface area contributed by atoms with Gasteiger partial charge in [0, 0.05) is 27.8 Å². The molecule has 1 aliphatic heterocycles. The minimum Gasteiger partial charge on any atom is -0.467 e. The fraction of sp³-hybridized carbons (Fsp3) is 0.706. The van der Waals surface area contributed by atoms with Crippen LogP contribution >= 0.6 is 0 Å². The molecule has 45 heavy (non-hydrogen) atoms. The number of allylic oxidation sites excluding steroid dienone is 4. The van der Waals surface area contributed by atoms with Gasteiger partial charge in [0.05, 0.1) is 49.8 Å². The molecule has 0 unspecified atom stereocenters. The third kappa shape index (κ3) is 11.4. The number of nitrogens with one attached hydrogen (secondary N) is 1. The van der Waals surface area contributed by atoms with Gasteiger partial charge in [-0.2, -0.15) is 0 Å². The van der Waals surface area contributed by atoms with Crippen molar-refractivity contribution in [2.24, 2.45) is 23.5 Å². The molecule has 1 aliphatic rings. The number of hydrogen-bond acceptors (Lipinski definition) is 8. The van der Waals surface area contributed by atoms with E-state index >= 15 is 0 Å². The number of likely N-dealkylation sites (N-methyl/N-ethyl adjacent to an activating group) is 1. The topological polar surface area (TPSA) is 140 Å². The van der Waals surface area contributed by atoms with Gasteiger partial charge in [0.15, 0.2) is 0 Å². The van der Waals surface area contributed by atoms with Gasteiger partial charge in [-0.25, -0.2) is 4.79 Å². The van der Waals surface area contributed by atoms with Crippen molar-refractivity contribution in [3.63, 3.8) is 0 Å². The highest BCUT2D eigenvalue weighted by molar-refractivity contribution is 5.86. The normalized spacial score (nSPS) is 20.0. The zero-order valence-electron chi connectivity index (χ0n) is 28.9. The predicted molar refractivity (Wildman–Crippen MR) is 176 cm³/mol. The Morgan fingerprint density at radius 1 is 1.07 bits per heavy atom. The van der Waals surface area contributed by atoms with Gasteiger partial charge in [0.1, 0.15) is 6.04 Å². The molecule has 256 valence electrons. The fourth-order valence-electron chi connectivity index (χ4n) is 5.92. The molecule has 0 aromatic carbocycles. The second-order valence-corrected chi connectivity index (χ2v) is 12.2. The predicted octanol–water partition coefficient (Wildman–Crippen LogP) is 3.24. The third-order valence-corrected chi connectivity index (χ3v) is 8.93. The summed E-state index contributed by atoms with van der Waals surface area (Å²) >= 11 is 0. The van der Waals surface area contributed by atoms with Crippen molar-refractivity contribution in [1.29, 1.82) is 0 Å². The van der Waals surface area contributed by atoms with Crippen LogP contribution in [0.15, 0.2) is 37.0 Å². The van der Waals surface area contributed by atoms with Gasteiger partial charge in [-0.15, -0.1) is 0 Å². The average Bonchev–Trinajstić information content (AvgIpc) is 3.52. The van der Waals surface area contributed by atoms with Crippen molar-refractivity contribution in [3.05, 3.63) is 37.0 Å². The summed E-state index contributed by atoms with van der Waals surface area (Å²) in [4.78, 5) is 56.3. The fourth-order valence-corrected chi connectivity index (χ4v) is 5.92. The van der Waals surface area contributed by atoms with Crippen LogP contribution < -0.4 is 11.1 Å². The standard InChI is InChI=1S/C34H58N4O7/c1-11-13-14-15-16-18-25(34(42)45-10)36-32(40)24(6)31(44-9)26-19-17-20-38(26)28(39)21-27(43-8)30(23(5)12-2)37(7)33(41)29(35)22(3)4/h11,13-16,22-27,29-31H,1,12,17-21,35H2,2-10H3,(H,36,40)/b14-13-,16-15+/t23-,24+,25-,26-,27+,29-,30-,31+/m0/s1. The van der Waals surface area contributed by atoms with Crippen LogP contribution in [0.5, 0.6) is 0 Å². The van der Waals surface area contributed by atoms with Gasteiger partial charge in [0.2, 0.25) is 17.7 Å². The van der Waals surface area contributed by atoms with Gasteiger partial charge >= 0.3 is 5.97 Å². The molecular formula is C34H58N4O7. The summed E-state index contributed by atoms with van der Waals surface area (Å²) in [6, 6.07) is -2.24. The first-order valence-electron chi connectivity index (χ1n) is 16.0. The second kappa shape index (κ2) is 20.2. The molecular weight excluding hydrogens is 576 g/mol. The number of esters is 1. The van der Waals surface area contributed by atoms with E-state index in [4.69, 9.17) is 19.9 Å². The Morgan fingerprint density at radius 2 is 1.73 bits per heavy atom. The molecule has 3 amide bonds. The van der Waals surface area contributed by atoms with Crippen LogP contribution in [0, 0.1) is 17.8 Å². The highest BCUT2D eigenvalue weighted by atomic mass is 16.5. The Morgan fingerprint density at radius 3 is 2.27 bits per heavy atom. The SMILES string of the molecule is C=C/C=C\C=C\C[C@H](NC(=O)[C@H](C)[C@@H](OC)[C@@H]1CCCN1C(=O)C[C@@H](OC)[C@H]([C@@H](C)CC)N(C)C(=O)[C@@H](N)C(C)C)C(=O)OC. The number of carbonyl (C=O) groups is 4. The summed E-state index contributed by atoms with van der Waals surface area (Å²) in [7, 11) is 6.09. The molecule has 0 spiro atoms. The second-order valence-electron chi connectivity index (χ2n) is 12.2. The van der Waals surface area contributed by atoms with Gasteiger partial charge in [-0.1, -0.05) is 78.0 Å². The van der Waals surface area contributed by atoms with Gasteiger partial charge in [-0.05, 0) is 31.1 Å². The lowest BCUT2D eigenvalue weighted by Gasteiger charge is -2.40. The van der Waals surface area contributed by atoms with E-state index in [1.807, 2.05) is 27.7 Å². The smallest absolute Gasteiger partial charge is 0.328 e. The first-order valence-corrected chi connectivity index (χ1v) is 16.0. The van der Waals surface area contributed by atoms with Crippen LogP contribution in [0.4, 0.5) is 0 Å². The summed E-state index contributed by atoms with van der Waals surface area (Å²) in [5, 5.41) is 2.80. The molecule has 1 fully saturated rings. The molecule has 1 rings (SSSR count). The van der Waals surface area contributed by atoms with Crippen molar-refractivity contribution in [2.75, 3.05) is 34.9 Å². The lowest BCUT2D eigenvalue weighted by Crippen LogP contribution is -2.56. The number of nitrogens with zero attached hydrogens (tertiary/aromatic N) is 2. The number of ether oxygens (including phenoxy) is 3. The number of methoxy groups -OCH3 is 3. The largest absolute Gasteiger partial charge is 0.467 e. The molecule has 1 heterocycles. The Labute approximate surface area is 270 Å². The van der Waals surface area contributed by atoms with Gasteiger partial charge in [0.25, 0.3) is 0 Å². The Hall–Kier alpha value is -3.02. The Bertz CT molecular complexity index is 1030. The van der Waals surface area contributed by atoms with Gasteiger partial charge < -0.3 is 35.1 Å². The maximum Gasteiger partial charge on any atom is 0.328 e. The van der Waals surface area contributed by atoms with E-state index in [1.54, 1.807) is 61.3 Å². The molecule has 11 nitrogen and oxygen atoms in total. The van der Waals surface area contributed by atoms with E-state index in [2.05, 4.69) is 11.9 Å². The number of amides is 3. The highest BCUT2D eigenvalue weighted by Gasteiger charge is 2.42. The summed E-state index contributed by atoms with van der Waals surface area (Å²) < 4.78 is 16.6. The molecule has 0 saturated carbocycles. The molecule has 8 atom stereocenters. The average molecular weight is 635 g/mol. The van der Waals surface area contributed by atoms with Crippen molar-refractivity contribution < 1.29 is 33.4 Å². The first-order chi connectivity index (χ1) is 21.3. The van der Waals surface area contributed by atoms with E-state index in [0.29, 0.717) is 13.0 Å². The molecule has 11 heteroatoms. The van der Waals surface area contributed by atoms with E-state index in [1.165, 1.54) is 14.2 Å².